The van der Waals surface area contributed by atoms with Gasteiger partial charge in [-0.2, -0.15) is 0 Å². The van der Waals surface area contributed by atoms with E-state index < -0.39 is 0 Å². The van der Waals surface area contributed by atoms with Gasteiger partial charge in [-0.1, -0.05) is 158 Å². The number of nitrogens with zero attached hydrogens (tertiary/aromatic N) is 2. The molecule has 6 nitrogen and oxygen atoms in total. The van der Waals surface area contributed by atoms with E-state index in [4.69, 9.17) is 17.7 Å². The molecular weight excluding hydrogens is 933 g/mol. The molecule has 4 heterocycles. The van der Waals surface area contributed by atoms with Crippen LogP contribution in [0.15, 0.2) is 272 Å². The number of rotatable bonds is 8. The van der Waals surface area contributed by atoms with Gasteiger partial charge >= 0.3 is 0 Å². The van der Waals surface area contributed by atoms with E-state index in [1.165, 1.54) is 0 Å². The lowest BCUT2D eigenvalue weighted by Gasteiger charge is -2.25. The van der Waals surface area contributed by atoms with Crippen LogP contribution < -0.4 is 9.80 Å². The summed E-state index contributed by atoms with van der Waals surface area (Å²) in [6, 6.07) is 89.2. The first-order valence-electron chi connectivity index (χ1n) is 25.6. The predicted octanol–water partition coefficient (Wildman–Crippen LogP) is 20.7. The smallest absolute Gasteiger partial charge is 0.159 e. The molecule has 0 bridgehead atoms. The van der Waals surface area contributed by atoms with Crippen molar-refractivity contribution in [3.8, 4) is 22.3 Å². The van der Waals surface area contributed by atoms with Gasteiger partial charge in [0.25, 0.3) is 0 Å². The third-order valence-corrected chi connectivity index (χ3v) is 15.2. The van der Waals surface area contributed by atoms with Crippen molar-refractivity contribution < 1.29 is 17.7 Å². The molecule has 76 heavy (non-hydrogen) atoms. The van der Waals surface area contributed by atoms with Gasteiger partial charge in [0.05, 0.1) is 22.7 Å². The van der Waals surface area contributed by atoms with Gasteiger partial charge in [0.2, 0.25) is 0 Å². The SMILES string of the molecule is c1ccc(-c2c3cc4oc5cc(N(c6ccccc6)c6cccc7c6oc6ccccc67)ccc5c4c(-c4ccccc4)c3cc3oc4cc(N(c5ccccc5)c5cccc6c5oc5ccccc56)ccc4c23)cc1. The van der Waals surface area contributed by atoms with Crippen molar-refractivity contribution in [3.05, 3.63) is 255 Å². The second-order valence-corrected chi connectivity index (χ2v) is 19.5. The Balaban J connectivity index is 0.932. The summed E-state index contributed by atoms with van der Waals surface area (Å²) >= 11 is 0. The number of para-hydroxylation sites is 6. The van der Waals surface area contributed by atoms with E-state index in [0.717, 1.165) is 155 Å². The minimum absolute atomic E-state index is 0.780. The zero-order valence-corrected chi connectivity index (χ0v) is 40.8. The van der Waals surface area contributed by atoms with Gasteiger partial charge in [-0.15, -0.1) is 0 Å². The third kappa shape index (κ3) is 6.41. The van der Waals surface area contributed by atoms with Crippen molar-refractivity contribution in [1.29, 1.82) is 0 Å². The first-order valence-corrected chi connectivity index (χ1v) is 25.6. The van der Waals surface area contributed by atoms with Crippen molar-refractivity contribution in [2.24, 2.45) is 0 Å². The lowest BCUT2D eigenvalue weighted by molar-refractivity contribution is 0.667. The third-order valence-electron chi connectivity index (χ3n) is 15.2. The van der Waals surface area contributed by atoms with E-state index in [1.807, 2.05) is 36.4 Å². The standard InChI is InChI=1S/C70H42N2O4/c1-5-19-43(20-6-1)65-55-41-64-68(54-38-36-48(40-62(54)74-64)72(46-25-11-4-12-26-46)58-32-18-30-52-50-28-14-16-34-60(50)76-70(52)58)66(44-21-7-2-8-22-44)56(55)42-63-67(65)53-37-35-47(39-61(53)73-63)71(45-23-9-3-10-24-45)57-31-17-29-51-49-27-13-15-33-59(49)75-69(51)57/h1-42H. The molecule has 0 saturated carbocycles. The fourth-order valence-electron chi connectivity index (χ4n) is 11.9. The molecular formula is C70H42N2O4. The quantitative estimate of drug-likeness (QED) is 0.151. The van der Waals surface area contributed by atoms with Crippen LogP contribution in [0, 0.1) is 0 Å². The summed E-state index contributed by atoms with van der Waals surface area (Å²) in [6.45, 7) is 0. The molecule has 0 fully saturated rings. The topological polar surface area (TPSA) is 59.0 Å². The predicted molar refractivity (Wildman–Crippen MR) is 313 cm³/mol. The first kappa shape index (κ1) is 42.2. The molecule has 0 radical (unpaired) electrons. The minimum atomic E-state index is 0.780. The van der Waals surface area contributed by atoms with Gasteiger partial charge < -0.3 is 27.5 Å². The molecule has 356 valence electrons. The maximum Gasteiger partial charge on any atom is 0.159 e. The van der Waals surface area contributed by atoms with Crippen molar-refractivity contribution in [1.82, 2.24) is 0 Å². The van der Waals surface area contributed by atoms with Crippen LogP contribution in [-0.4, -0.2) is 0 Å². The molecule has 0 N–H and O–H groups in total. The summed E-state index contributed by atoms with van der Waals surface area (Å²) in [5, 5.41) is 10.6. The van der Waals surface area contributed by atoms with Crippen LogP contribution in [0.2, 0.25) is 0 Å². The summed E-state index contributed by atoms with van der Waals surface area (Å²) in [5.74, 6) is 0. The van der Waals surface area contributed by atoms with Gasteiger partial charge in [0.15, 0.2) is 11.2 Å². The largest absolute Gasteiger partial charge is 0.456 e. The van der Waals surface area contributed by atoms with Crippen LogP contribution in [0.1, 0.15) is 0 Å². The molecule has 0 amide bonds. The van der Waals surface area contributed by atoms with E-state index in [9.17, 15) is 0 Å². The van der Waals surface area contributed by atoms with Gasteiger partial charge in [-0.25, -0.2) is 0 Å². The molecule has 4 aromatic heterocycles. The normalized spacial score (nSPS) is 11.9. The monoisotopic (exact) mass is 974 g/mol. The van der Waals surface area contributed by atoms with E-state index >= 15 is 0 Å². The number of hydrogen-bond donors (Lipinski definition) is 0. The maximum atomic E-state index is 7.18. The Morgan fingerprint density at radius 1 is 0.224 bits per heavy atom. The summed E-state index contributed by atoms with van der Waals surface area (Å²) in [7, 11) is 0. The fraction of sp³-hybridized carbons (Fsp3) is 0. The molecule has 0 aliphatic rings. The lowest BCUT2D eigenvalue weighted by atomic mass is 9.87. The molecule has 0 aliphatic heterocycles. The Bertz CT molecular complexity index is 4620. The Kier molecular flexibility index (Phi) is 9.23. The Hall–Kier alpha value is -10.3. The van der Waals surface area contributed by atoms with E-state index in [2.05, 4.69) is 228 Å². The highest BCUT2D eigenvalue weighted by molar-refractivity contribution is 6.29. The second-order valence-electron chi connectivity index (χ2n) is 19.5. The molecule has 0 atom stereocenters. The number of fused-ring (bicyclic) bond motifs is 13. The summed E-state index contributed by atoms with van der Waals surface area (Å²) in [6.07, 6.45) is 0. The molecule has 0 unspecified atom stereocenters. The fourth-order valence-corrected chi connectivity index (χ4v) is 11.9. The number of furan rings is 4. The Labute approximate surface area is 435 Å². The zero-order valence-electron chi connectivity index (χ0n) is 40.8. The summed E-state index contributed by atoms with van der Waals surface area (Å²) in [5.41, 5.74) is 16.7. The molecule has 16 rings (SSSR count). The lowest BCUT2D eigenvalue weighted by Crippen LogP contribution is -2.10. The van der Waals surface area contributed by atoms with Crippen LogP contribution in [0.3, 0.4) is 0 Å². The number of benzene rings is 12. The first-order chi connectivity index (χ1) is 37.7. The molecule has 16 aromatic rings. The van der Waals surface area contributed by atoms with Crippen LogP contribution in [0.25, 0.3) is 121 Å². The van der Waals surface area contributed by atoms with E-state index in [1.54, 1.807) is 0 Å². The minimum Gasteiger partial charge on any atom is -0.456 e. The highest BCUT2D eigenvalue weighted by Gasteiger charge is 2.27. The van der Waals surface area contributed by atoms with Crippen molar-refractivity contribution >= 4 is 133 Å². The Morgan fingerprint density at radius 3 is 1.04 bits per heavy atom. The highest BCUT2D eigenvalue weighted by atomic mass is 16.3. The number of anilines is 6. The van der Waals surface area contributed by atoms with Gasteiger partial charge in [0.1, 0.15) is 33.5 Å². The Morgan fingerprint density at radius 2 is 0.605 bits per heavy atom. The number of hydrogen-bond acceptors (Lipinski definition) is 6. The van der Waals surface area contributed by atoms with Crippen LogP contribution >= 0.6 is 0 Å². The molecule has 6 heteroatoms. The maximum absolute atomic E-state index is 7.18. The highest BCUT2D eigenvalue weighted by Crippen LogP contribution is 2.51. The summed E-state index contributed by atoms with van der Waals surface area (Å²) < 4.78 is 27.7. The van der Waals surface area contributed by atoms with Gasteiger partial charge in [0, 0.05) is 77.7 Å². The molecule has 0 saturated heterocycles. The van der Waals surface area contributed by atoms with Crippen LogP contribution in [0.5, 0.6) is 0 Å². The average molecular weight is 975 g/mol. The van der Waals surface area contributed by atoms with E-state index in [0.29, 0.717) is 0 Å². The van der Waals surface area contributed by atoms with E-state index in [-0.39, 0.29) is 0 Å². The molecule has 0 aliphatic carbocycles. The van der Waals surface area contributed by atoms with Crippen LogP contribution in [0.4, 0.5) is 34.1 Å². The molecule has 12 aromatic carbocycles. The van der Waals surface area contributed by atoms with Crippen molar-refractivity contribution in [2.75, 3.05) is 9.80 Å². The second kappa shape index (κ2) is 16.6. The van der Waals surface area contributed by atoms with Crippen molar-refractivity contribution in [3.63, 3.8) is 0 Å². The van der Waals surface area contributed by atoms with Crippen LogP contribution in [-0.2, 0) is 0 Å². The zero-order chi connectivity index (χ0) is 49.8. The van der Waals surface area contributed by atoms with Crippen molar-refractivity contribution in [2.45, 2.75) is 0 Å². The van der Waals surface area contributed by atoms with Gasteiger partial charge in [-0.05, 0) is 107 Å². The van der Waals surface area contributed by atoms with Gasteiger partial charge in [-0.3, -0.25) is 0 Å². The average Bonchev–Trinajstić information content (AvgIpc) is 4.34. The summed E-state index contributed by atoms with van der Waals surface area (Å²) in [4.78, 5) is 4.53. The molecule has 0 spiro atoms.